The molecule has 35 heavy (non-hydrogen) atoms. The summed E-state index contributed by atoms with van der Waals surface area (Å²) in [6.45, 7) is 2.69. The number of ether oxygens (including phenoxy) is 1. The molecule has 10 nitrogen and oxygen atoms in total. The number of aryl methyl sites for hydroxylation is 1. The summed E-state index contributed by atoms with van der Waals surface area (Å²) in [5.41, 5.74) is 1.99. The average molecular weight is 474 g/mol. The first-order valence-electron chi connectivity index (χ1n) is 11.3. The van der Waals surface area contributed by atoms with Gasteiger partial charge in [-0.2, -0.15) is 0 Å². The molecule has 0 aliphatic rings. The largest absolute Gasteiger partial charge is 0.485 e. The van der Waals surface area contributed by atoms with E-state index in [9.17, 15) is 9.59 Å². The highest BCUT2D eigenvalue weighted by Crippen LogP contribution is 2.18. The number of para-hydroxylation sites is 1. The van der Waals surface area contributed by atoms with Gasteiger partial charge in [0.25, 0.3) is 5.56 Å². The molecule has 3 aromatic heterocycles. The van der Waals surface area contributed by atoms with Gasteiger partial charge < -0.3 is 20.4 Å². The summed E-state index contributed by atoms with van der Waals surface area (Å²) in [6, 6.07) is 13.2. The molecule has 0 saturated carbocycles. The first-order chi connectivity index (χ1) is 17.1. The monoisotopic (exact) mass is 473 g/mol. The van der Waals surface area contributed by atoms with Crippen LogP contribution in [0.2, 0.25) is 0 Å². The normalized spacial score (nSPS) is 10.7. The number of H-pyrrole nitrogens is 1. The first-order valence-corrected chi connectivity index (χ1v) is 11.3. The van der Waals surface area contributed by atoms with Crippen molar-refractivity contribution in [3.63, 3.8) is 0 Å². The Morgan fingerprint density at radius 3 is 2.74 bits per heavy atom. The van der Waals surface area contributed by atoms with E-state index < -0.39 is 0 Å². The lowest BCUT2D eigenvalue weighted by Gasteiger charge is -2.14. The Labute approximate surface area is 202 Å². The van der Waals surface area contributed by atoms with Crippen molar-refractivity contribution >= 4 is 11.7 Å². The quantitative estimate of drug-likeness (QED) is 0.305. The van der Waals surface area contributed by atoms with Crippen LogP contribution in [-0.4, -0.2) is 37.0 Å². The fourth-order valence-corrected chi connectivity index (χ4v) is 3.45. The number of hydrogen-bond donors (Lipinski definition) is 3. The minimum absolute atomic E-state index is 0.114. The predicted octanol–water partition coefficient (Wildman–Crippen LogP) is 2.22. The van der Waals surface area contributed by atoms with Gasteiger partial charge in [-0.05, 0) is 25.1 Å². The van der Waals surface area contributed by atoms with E-state index in [2.05, 4.69) is 30.6 Å². The summed E-state index contributed by atoms with van der Waals surface area (Å²) in [6.07, 6.45) is 7.35. The molecule has 0 unspecified atom stereocenters. The molecular weight excluding hydrogens is 446 g/mol. The summed E-state index contributed by atoms with van der Waals surface area (Å²) in [7, 11) is 0. The minimum atomic E-state index is -0.344. The molecule has 4 aromatic rings. The van der Waals surface area contributed by atoms with Gasteiger partial charge in [-0.15, -0.1) is 0 Å². The molecule has 0 fully saturated rings. The standard InChI is InChI=1S/C25H27N7O3/c1-18-14-31-24(29-11-9-20-7-4-5-10-26-20)25(34)32(18)16-23(33)30-15-19-6-2-3-8-21(19)35-17-22-27-12-13-28-22/h2-8,10,12-14H,9,11,15-17H2,1H3,(H,27,28)(H,29,31)(H,30,33). The maximum Gasteiger partial charge on any atom is 0.293 e. The second-order valence-electron chi connectivity index (χ2n) is 7.85. The number of aromatic amines is 1. The van der Waals surface area contributed by atoms with Gasteiger partial charge in [-0.3, -0.25) is 19.1 Å². The highest BCUT2D eigenvalue weighted by Gasteiger charge is 2.12. The SMILES string of the molecule is Cc1cnc(NCCc2ccccn2)c(=O)n1CC(=O)NCc1ccccc1OCc1ncc[nH]1. The average Bonchev–Trinajstić information content (AvgIpc) is 3.40. The number of amides is 1. The number of pyridine rings is 1. The van der Waals surface area contributed by atoms with Crippen LogP contribution in [0.1, 0.15) is 22.8 Å². The van der Waals surface area contributed by atoms with Gasteiger partial charge in [0.1, 0.15) is 24.7 Å². The van der Waals surface area contributed by atoms with Gasteiger partial charge >= 0.3 is 0 Å². The molecule has 3 N–H and O–H groups in total. The van der Waals surface area contributed by atoms with Gasteiger partial charge in [0.15, 0.2) is 5.82 Å². The number of carbonyl (C=O) groups is 1. The van der Waals surface area contributed by atoms with E-state index in [0.29, 0.717) is 36.8 Å². The van der Waals surface area contributed by atoms with Crippen molar-refractivity contribution in [1.82, 2.24) is 29.8 Å². The van der Waals surface area contributed by atoms with Crippen molar-refractivity contribution in [2.45, 2.75) is 33.0 Å². The number of anilines is 1. The fourth-order valence-electron chi connectivity index (χ4n) is 3.45. The van der Waals surface area contributed by atoms with Crippen LogP contribution in [0.5, 0.6) is 5.75 Å². The molecule has 3 heterocycles. The van der Waals surface area contributed by atoms with Crippen LogP contribution in [0, 0.1) is 6.92 Å². The topological polar surface area (TPSA) is 127 Å². The lowest BCUT2D eigenvalue weighted by Crippen LogP contribution is -2.34. The molecule has 0 radical (unpaired) electrons. The summed E-state index contributed by atoms with van der Waals surface area (Å²) in [4.78, 5) is 41.2. The first kappa shape index (κ1) is 23.7. The number of rotatable bonds is 11. The number of hydrogen-bond acceptors (Lipinski definition) is 7. The number of carbonyl (C=O) groups excluding carboxylic acids is 1. The van der Waals surface area contributed by atoms with Crippen LogP contribution < -0.4 is 20.9 Å². The number of aromatic nitrogens is 5. The molecular formula is C25H27N7O3. The van der Waals surface area contributed by atoms with Crippen molar-refractivity contribution in [1.29, 1.82) is 0 Å². The minimum Gasteiger partial charge on any atom is -0.485 e. The Balaban J connectivity index is 1.34. The van der Waals surface area contributed by atoms with E-state index in [1.165, 1.54) is 4.57 Å². The van der Waals surface area contributed by atoms with Crippen LogP contribution in [0.4, 0.5) is 5.82 Å². The highest BCUT2D eigenvalue weighted by atomic mass is 16.5. The van der Waals surface area contributed by atoms with E-state index in [1.807, 2.05) is 42.5 Å². The number of benzene rings is 1. The second-order valence-corrected chi connectivity index (χ2v) is 7.85. The molecule has 10 heteroatoms. The fraction of sp³-hybridized carbons (Fsp3) is 0.240. The summed E-state index contributed by atoms with van der Waals surface area (Å²) >= 11 is 0. The van der Waals surface area contributed by atoms with E-state index in [-0.39, 0.29) is 30.4 Å². The molecule has 0 bridgehead atoms. The van der Waals surface area contributed by atoms with Crippen LogP contribution >= 0.6 is 0 Å². The van der Waals surface area contributed by atoms with Gasteiger partial charge in [0.05, 0.1) is 0 Å². The van der Waals surface area contributed by atoms with Crippen molar-refractivity contribution in [2.24, 2.45) is 0 Å². The molecule has 0 atom stereocenters. The van der Waals surface area contributed by atoms with Gasteiger partial charge in [0.2, 0.25) is 5.91 Å². The molecule has 0 aliphatic heterocycles. The second kappa shape index (κ2) is 11.6. The van der Waals surface area contributed by atoms with Crippen molar-refractivity contribution in [2.75, 3.05) is 11.9 Å². The Morgan fingerprint density at radius 2 is 1.94 bits per heavy atom. The van der Waals surface area contributed by atoms with Crippen molar-refractivity contribution in [3.8, 4) is 5.75 Å². The highest BCUT2D eigenvalue weighted by molar-refractivity contribution is 5.76. The van der Waals surface area contributed by atoms with E-state index in [0.717, 1.165) is 11.3 Å². The smallest absolute Gasteiger partial charge is 0.293 e. The third kappa shape index (κ3) is 6.53. The molecule has 180 valence electrons. The maximum atomic E-state index is 12.9. The lowest BCUT2D eigenvalue weighted by molar-refractivity contribution is -0.121. The van der Waals surface area contributed by atoms with Gasteiger partial charge in [0, 0.05) is 61.2 Å². The van der Waals surface area contributed by atoms with Crippen LogP contribution in [-0.2, 0) is 30.9 Å². The molecule has 4 rings (SSSR count). The van der Waals surface area contributed by atoms with Crippen LogP contribution in [0.25, 0.3) is 0 Å². The van der Waals surface area contributed by atoms with Crippen molar-refractivity contribution < 1.29 is 9.53 Å². The molecule has 1 amide bonds. The predicted molar refractivity (Wildman–Crippen MR) is 131 cm³/mol. The summed E-state index contributed by atoms with van der Waals surface area (Å²) in [5, 5.41) is 5.92. The zero-order valence-electron chi connectivity index (χ0n) is 19.4. The summed E-state index contributed by atoms with van der Waals surface area (Å²) < 4.78 is 7.24. The maximum absolute atomic E-state index is 12.9. The number of imidazole rings is 1. The van der Waals surface area contributed by atoms with Gasteiger partial charge in [-0.25, -0.2) is 9.97 Å². The molecule has 1 aromatic carbocycles. The van der Waals surface area contributed by atoms with Crippen LogP contribution in [0.15, 0.2) is 72.0 Å². The Hall–Kier alpha value is -4.47. The van der Waals surface area contributed by atoms with Gasteiger partial charge in [-0.1, -0.05) is 24.3 Å². The van der Waals surface area contributed by atoms with E-state index >= 15 is 0 Å². The Kier molecular flexibility index (Phi) is 7.84. The van der Waals surface area contributed by atoms with E-state index in [4.69, 9.17) is 4.74 Å². The lowest BCUT2D eigenvalue weighted by atomic mass is 10.2. The molecule has 0 spiro atoms. The third-order valence-electron chi connectivity index (χ3n) is 5.32. The zero-order chi connectivity index (χ0) is 24.5. The Morgan fingerprint density at radius 1 is 1.09 bits per heavy atom. The van der Waals surface area contributed by atoms with Crippen LogP contribution in [0.3, 0.4) is 0 Å². The number of nitrogens with one attached hydrogen (secondary N) is 3. The number of nitrogens with zero attached hydrogens (tertiary/aromatic N) is 4. The van der Waals surface area contributed by atoms with Crippen molar-refractivity contribution in [3.05, 3.63) is 100 Å². The zero-order valence-corrected chi connectivity index (χ0v) is 19.4. The molecule has 0 saturated heterocycles. The molecule has 0 aliphatic carbocycles. The summed E-state index contributed by atoms with van der Waals surface area (Å²) in [5.74, 6) is 1.28. The van der Waals surface area contributed by atoms with E-state index in [1.54, 1.807) is 31.7 Å². The third-order valence-corrected chi connectivity index (χ3v) is 5.32. The Bertz CT molecular complexity index is 1300.